The maximum Gasteiger partial charge on any atom is 0.141 e. The van der Waals surface area contributed by atoms with Gasteiger partial charge in [0.05, 0.1) is 16.8 Å². The third kappa shape index (κ3) is 4.85. The van der Waals surface area contributed by atoms with Crippen LogP contribution in [0.2, 0.25) is 0 Å². The third-order valence-corrected chi connectivity index (χ3v) is 12.1. The second kappa shape index (κ2) is 12.1. The van der Waals surface area contributed by atoms with Gasteiger partial charge in [0.25, 0.3) is 0 Å². The first-order valence-electron chi connectivity index (χ1n) is 18.3. The molecule has 53 heavy (non-hydrogen) atoms. The molecule has 0 radical (unpaired) electrons. The van der Waals surface area contributed by atoms with Crippen LogP contribution in [-0.4, -0.2) is 0 Å². The average molecular weight is 696 g/mol. The molecule has 0 bridgehead atoms. The van der Waals surface area contributed by atoms with Gasteiger partial charge in [-0.2, -0.15) is 0 Å². The van der Waals surface area contributed by atoms with E-state index >= 15 is 0 Å². The topological polar surface area (TPSA) is 16.4 Å². The maximum atomic E-state index is 7.05. The van der Waals surface area contributed by atoms with Crippen molar-refractivity contribution in [2.75, 3.05) is 4.90 Å². The second-order valence-electron chi connectivity index (χ2n) is 14.0. The van der Waals surface area contributed by atoms with Crippen molar-refractivity contribution in [1.82, 2.24) is 0 Å². The van der Waals surface area contributed by atoms with Gasteiger partial charge in [0.2, 0.25) is 0 Å². The molecule has 3 heteroatoms. The van der Waals surface area contributed by atoms with Gasteiger partial charge in [-0.3, -0.25) is 0 Å². The Labute approximate surface area is 311 Å². The number of rotatable bonds is 5. The van der Waals surface area contributed by atoms with E-state index in [1.165, 1.54) is 52.8 Å². The summed E-state index contributed by atoms with van der Waals surface area (Å²) >= 11 is 1.86. The van der Waals surface area contributed by atoms with Gasteiger partial charge >= 0.3 is 0 Å². The van der Waals surface area contributed by atoms with Gasteiger partial charge in [0.15, 0.2) is 0 Å². The number of benzene rings is 8. The van der Waals surface area contributed by atoms with Gasteiger partial charge in [0.1, 0.15) is 11.2 Å². The molecule has 0 saturated carbocycles. The summed E-state index contributed by atoms with van der Waals surface area (Å²) in [6, 6.07) is 57.6. The number of hydrogen-bond acceptors (Lipinski definition) is 3. The fraction of sp³-hybridized carbons (Fsp3) is 0.0400. The van der Waals surface area contributed by atoms with Gasteiger partial charge in [-0.05, 0) is 87.6 Å². The van der Waals surface area contributed by atoms with Crippen LogP contribution in [0.15, 0.2) is 186 Å². The fourth-order valence-electron chi connectivity index (χ4n) is 8.46. The van der Waals surface area contributed by atoms with Gasteiger partial charge in [-0.1, -0.05) is 133 Å². The van der Waals surface area contributed by atoms with E-state index in [-0.39, 0.29) is 5.92 Å². The summed E-state index contributed by atoms with van der Waals surface area (Å²) in [4.78, 5) is 2.49. The van der Waals surface area contributed by atoms with Crippen molar-refractivity contribution in [3.63, 3.8) is 0 Å². The van der Waals surface area contributed by atoms with Gasteiger partial charge in [-0.15, -0.1) is 11.3 Å². The molecule has 0 aliphatic heterocycles. The summed E-state index contributed by atoms with van der Waals surface area (Å²) < 4.78 is 9.62. The van der Waals surface area contributed by atoms with E-state index in [0.717, 1.165) is 51.0 Å². The monoisotopic (exact) mass is 695 g/mol. The predicted octanol–water partition coefficient (Wildman–Crippen LogP) is 15.0. The molecule has 2 heterocycles. The van der Waals surface area contributed by atoms with E-state index in [9.17, 15) is 0 Å². The molecule has 0 N–H and O–H groups in total. The molecule has 0 amide bonds. The van der Waals surface area contributed by atoms with Crippen LogP contribution in [0, 0.1) is 0 Å². The third-order valence-electron chi connectivity index (χ3n) is 11.0. The Balaban J connectivity index is 1.25. The Kier molecular flexibility index (Phi) is 6.89. The van der Waals surface area contributed by atoms with Crippen molar-refractivity contribution < 1.29 is 4.42 Å². The van der Waals surface area contributed by atoms with E-state index in [2.05, 4.69) is 187 Å². The average Bonchev–Trinajstić information content (AvgIpc) is 3.81. The second-order valence-corrected chi connectivity index (χ2v) is 15.1. The Morgan fingerprint density at radius 2 is 1.30 bits per heavy atom. The van der Waals surface area contributed by atoms with Crippen LogP contribution < -0.4 is 4.90 Å². The Morgan fingerprint density at radius 1 is 0.528 bits per heavy atom. The van der Waals surface area contributed by atoms with E-state index in [0.29, 0.717) is 0 Å². The summed E-state index contributed by atoms with van der Waals surface area (Å²) in [6.07, 6.45) is 9.82. The van der Waals surface area contributed by atoms with E-state index in [4.69, 9.17) is 4.42 Å². The van der Waals surface area contributed by atoms with E-state index in [1.54, 1.807) is 0 Å². The van der Waals surface area contributed by atoms with Gasteiger partial charge in [-0.25, -0.2) is 0 Å². The highest BCUT2D eigenvalue weighted by atomic mass is 32.1. The minimum atomic E-state index is 0.232. The number of nitrogens with zero attached hydrogens (tertiary/aromatic N) is 1. The minimum absolute atomic E-state index is 0.232. The molecule has 1 aliphatic carbocycles. The molecule has 1 aliphatic rings. The lowest BCUT2D eigenvalue weighted by molar-refractivity contribution is 0.657. The van der Waals surface area contributed by atoms with Crippen LogP contribution in [0.25, 0.3) is 74.8 Å². The number of furan rings is 1. The van der Waals surface area contributed by atoms with Crippen molar-refractivity contribution in [2.45, 2.75) is 12.3 Å². The summed E-state index contributed by atoms with van der Waals surface area (Å²) in [5.74, 6) is 0.232. The first-order valence-corrected chi connectivity index (χ1v) is 19.1. The van der Waals surface area contributed by atoms with E-state index in [1.807, 2.05) is 11.3 Å². The lowest BCUT2D eigenvalue weighted by atomic mass is 9.90. The molecule has 0 saturated heterocycles. The van der Waals surface area contributed by atoms with Crippen molar-refractivity contribution in [1.29, 1.82) is 0 Å². The predicted molar refractivity (Wildman–Crippen MR) is 227 cm³/mol. The molecule has 1 atom stereocenters. The fourth-order valence-corrected chi connectivity index (χ4v) is 9.59. The minimum Gasteiger partial charge on any atom is -0.456 e. The molecule has 8 aromatic carbocycles. The highest BCUT2D eigenvalue weighted by molar-refractivity contribution is 7.26. The zero-order valence-corrected chi connectivity index (χ0v) is 29.7. The summed E-state index contributed by atoms with van der Waals surface area (Å²) in [5, 5.41) is 9.76. The zero-order chi connectivity index (χ0) is 34.9. The number of fused-ring (bicyclic) bond motifs is 9. The van der Waals surface area contributed by atoms with Crippen LogP contribution in [0.1, 0.15) is 17.9 Å². The molecule has 0 fully saturated rings. The number of anilines is 3. The molecule has 1 unspecified atom stereocenters. The first kappa shape index (κ1) is 30.2. The molecule has 250 valence electrons. The smallest absolute Gasteiger partial charge is 0.141 e. The SMILES string of the molecule is C1=CCC(c2ccc(N(c3ccc4ccc5ccccc5c4c3)c3cccc4sc5ccccc5c34)c3c2oc2cc(-c4ccccc4)ccc23)C=C1. The van der Waals surface area contributed by atoms with Gasteiger partial charge < -0.3 is 9.32 Å². The Morgan fingerprint density at radius 3 is 2.19 bits per heavy atom. The van der Waals surface area contributed by atoms with Crippen molar-refractivity contribution >= 4 is 92.1 Å². The standard InChI is InChI=1S/C50H33NOS/c1-3-12-32(13-4-1)36-25-27-40-45(30-36)52-50-39(33-14-5-2-6-15-33)28-29-44(49(40)50)51(43-19-11-21-47-48(43)41-18-9-10-20-46(41)53-47)37-26-24-35-23-22-34-16-7-8-17-38(34)42(35)31-37/h1-14,16-31,33H,15H2. The van der Waals surface area contributed by atoms with Crippen LogP contribution in [0.3, 0.4) is 0 Å². The van der Waals surface area contributed by atoms with Gasteiger partial charge in [0, 0.05) is 42.7 Å². The van der Waals surface area contributed by atoms with Crippen molar-refractivity contribution in [3.8, 4) is 11.1 Å². The zero-order valence-electron chi connectivity index (χ0n) is 28.9. The largest absolute Gasteiger partial charge is 0.456 e. The maximum absolute atomic E-state index is 7.05. The van der Waals surface area contributed by atoms with Crippen molar-refractivity contribution in [3.05, 3.63) is 188 Å². The number of hydrogen-bond donors (Lipinski definition) is 0. The van der Waals surface area contributed by atoms with Crippen LogP contribution in [0.5, 0.6) is 0 Å². The van der Waals surface area contributed by atoms with Crippen LogP contribution in [0.4, 0.5) is 17.1 Å². The normalized spacial score (nSPS) is 14.4. The highest BCUT2D eigenvalue weighted by Crippen LogP contribution is 2.50. The lowest BCUT2D eigenvalue weighted by Gasteiger charge is -2.28. The van der Waals surface area contributed by atoms with E-state index < -0.39 is 0 Å². The molecule has 2 aromatic heterocycles. The summed E-state index contributed by atoms with van der Waals surface area (Å²) in [5.41, 5.74) is 8.76. The lowest BCUT2D eigenvalue weighted by Crippen LogP contribution is -2.11. The molecule has 11 rings (SSSR count). The van der Waals surface area contributed by atoms with Crippen molar-refractivity contribution in [2.24, 2.45) is 0 Å². The number of thiophene rings is 1. The summed E-state index contributed by atoms with van der Waals surface area (Å²) in [6.45, 7) is 0. The van der Waals surface area contributed by atoms with Crippen LogP contribution >= 0.6 is 11.3 Å². The van der Waals surface area contributed by atoms with Crippen LogP contribution in [-0.2, 0) is 0 Å². The Hall–Kier alpha value is -6.42. The molecular formula is C50H33NOS. The molecule has 10 aromatic rings. The number of allylic oxidation sites excluding steroid dienone is 4. The molecule has 2 nitrogen and oxygen atoms in total. The molecule has 0 spiro atoms. The highest BCUT2D eigenvalue weighted by Gasteiger charge is 2.26. The molecular weight excluding hydrogens is 663 g/mol. The first-order chi connectivity index (χ1) is 26.3. The quantitative estimate of drug-likeness (QED) is 0.167. The summed E-state index contributed by atoms with van der Waals surface area (Å²) in [7, 11) is 0. The Bertz CT molecular complexity index is 3110.